The number of fused-ring (bicyclic) bond motifs is 1. The van der Waals surface area contributed by atoms with Gasteiger partial charge in [-0.05, 0) is 29.7 Å². The van der Waals surface area contributed by atoms with Gasteiger partial charge >= 0.3 is 0 Å². The van der Waals surface area contributed by atoms with Crippen molar-refractivity contribution in [1.82, 2.24) is 14.8 Å². The Morgan fingerprint density at radius 3 is 2.79 bits per heavy atom. The third-order valence-electron chi connectivity index (χ3n) is 5.10. The molecule has 0 aliphatic heterocycles. The van der Waals surface area contributed by atoms with Gasteiger partial charge in [-0.3, -0.25) is 4.79 Å². The van der Waals surface area contributed by atoms with Gasteiger partial charge in [0.05, 0.1) is 24.4 Å². The minimum atomic E-state index is -0.171. The summed E-state index contributed by atoms with van der Waals surface area (Å²) in [7, 11) is 1.54. The average Bonchev–Trinajstić information content (AvgIpc) is 3.23. The first-order chi connectivity index (χ1) is 16.6. The van der Waals surface area contributed by atoms with E-state index in [4.69, 9.17) is 16.3 Å². The van der Waals surface area contributed by atoms with Gasteiger partial charge in [0.1, 0.15) is 5.75 Å². The molecule has 0 fully saturated rings. The van der Waals surface area contributed by atoms with E-state index in [9.17, 15) is 4.79 Å². The molecule has 0 aliphatic rings. The second-order valence-corrected chi connectivity index (χ2v) is 8.71. The Labute approximate surface area is 207 Å². The van der Waals surface area contributed by atoms with Crippen LogP contribution in [-0.2, 0) is 17.9 Å². The minimum absolute atomic E-state index is 0.171. The predicted octanol–water partition coefficient (Wildman–Crippen LogP) is 5.62. The third-order valence-corrected chi connectivity index (χ3v) is 6.36. The lowest BCUT2D eigenvalue weighted by atomic mass is 10.1. The molecular weight excluding hydrogens is 470 g/mol. The Kier molecular flexibility index (Phi) is 7.72. The number of ether oxygens (including phenoxy) is 1. The molecular formula is C25H24ClN5O2S. The Hall–Kier alpha value is -3.49. The van der Waals surface area contributed by atoms with E-state index in [0.29, 0.717) is 34.7 Å². The number of thioether (sulfide) groups is 1. The number of rotatable bonds is 10. The van der Waals surface area contributed by atoms with Crippen molar-refractivity contribution in [1.29, 1.82) is 0 Å². The smallest absolute Gasteiger partial charge is 0.234 e. The van der Waals surface area contributed by atoms with Crippen LogP contribution in [0.5, 0.6) is 5.75 Å². The molecule has 4 aromatic rings. The van der Waals surface area contributed by atoms with Crippen molar-refractivity contribution in [2.75, 3.05) is 23.5 Å². The second-order valence-electron chi connectivity index (χ2n) is 7.36. The lowest BCUT2D eigenvalue weighted by molar-refractivity contribution is -0.113. The maximum atomic E-state index is 12.5. The quantitative estimate of drug-likeness (QED) is 0.220. The van der Waals surface area contributed by atoms with Crippen molar-refractivity contribution in [3.63, 3.8) is 0 Å². The number of anilines is 2. The van der Waals surface area contributed by atoms with E-state index in [1.807, 2.05) is 28.8 Å². The summed E-state index contributed by atoms with van der Waals surface area (Å²) in [5, 5.41) is 18.3. The molecule has 4 rings (SSSR count). The number of hydrogen-bond acceptors (Lipinski definition) is 6. The van der Waals surface area contributed by atoms with Crippen LogP contribution < -0.4 is 15.4 Å². The van der Waals surface area contributed by atoms with Gasteiger partial charge in [0.15, 0.2) is 11.0 Å². The molecule has 0 saturated heterocycles. The maximum Gasteiger partial charge on any atom is 0.234 e. The van der Waals surface area contributed by atoms with Crippen molar-refractivity contribution in [2.24, 2.45) is 0 Å². The molecule has 1 amide bonds. The lowest BCUT2D eigenvalue weighted by Gasteiger charge is -2.11. The highest BCUT2D eigenvalue weighted by Crippen LogP contribution is 2.28. The zero-order chi connectivity index (χ0) is 23.9. The third kappa shape index (κ3) is 5.52. The SMILES string of the molecule is C=CCn1c(CNc2cccc3ccccc23)nnc1SCC(=O)Nc1ccc(OC)c(Cl)c1. The molecule has 0 spiro atoms. The number of methoxy groups -OCH3 is 1. The molecule has 0 bridgehead atoms. The van der Waals surface area contributed by atoms with Gasteiger partial charge in [0.2, 0.25) is 5.91 Å². The molecule has 9 heteroatoms. The van der Waals surface area contributed by atoms with E-state index < -0.39 is 0 Å². The van der Waals surface area contributed by atoms with E-state index in [1.54, 1.807) is 31.4 Å². The molecule has 7 nitrogen and oxygen atoms in total. The van der Waals surface area contributed by atoms with E-state index in [2.05, 4.69) is 45.6 Å². The lowest BCUT2D eigenvalue weighted by Crippen LogP contribution is -2.15. The topological polar surface area (TPSA) is 81.1 Å². The van der Waals surface area contributed by atoms with Crippen molar-refractivity contribution in [3.05, 3.63) is 84.2 Å². The average molecular weight is 494 g/mol. The molecule has 0 unspecified atom stereocenters. The Bertz CT molecular complexity index is 1320. The van der Waals surface area contributed by atoms with Gasteiger partial charge in [-0.15, -0.1) is 16.8 Å². The van der Waals surface area contributed by atoms with Crippen LogP contribution in [0.3, 0.4) is 0 Å². The Morgan fingerprint density at radius 1 is 1.18 bits per heavy atom. The van der Waals surface area contributed by atoms with E-state index in [0.717, 1.165) is 16.9 Å². The molecule has 0 saturated carbocycles. The molecule has 0 atom stereocenters. The number of halogens is 1. The maximum absolute atomic E-state index is 12.5. The van der Waals surface area contributed by atoms with Gasteiger partial charge in [-0.2, -0.15) is 0 Å². The summed E-state index contributed by atoms with van der Waals surface area (Å²) in [5.41, 5.74) is 1.63. The van der Waals surface area contributed by atoms with Gasteiger partial charge < -0.3 is 19.9 Å². The number of carbonyl (C=O) groups is 1. The Morgan fingerprint density at radius 2 is 2.00 bits per heavy atom. The van der Waals surface area contributed by atoms with Crippen LogP contribution in [0.2, 0.25) is 5.02 Å². The number of benzene rings is 3. The first-order valence-corrected chi connectivity index (χ1v) is 12.0. The van der Waals surface area contributed by atoms with Gasteiger partial charge in [0.25, 0.3) is 0 Å². The fraction of sp³-hybridized carbons (Fsp3) is 0.160. The summed E-state index contributed by atoms with van der Waals surface area (Å²) >= 11 is 7.45. The first-order valence-electron chi connectivity index (χ1n) is 10.6. The van der Waals surface area contributed by atoms with Crippen LogP contribution in [0.15, 0.2) is 78.5 Å². The largest absolute Gasteiger partial charge is 0.495 e. The van der Waals surface area contributed by atoms with Crippen LogP contribution in [0, 0.1) is 0 Å². The monoisotopic (exact) mass is 493 g/mol. The van der Waals surface area contributed by atoms with Crippen LogP contribution in [0.1, 0.15) is 5.82 Å². The summed E-state index contributed by atoms with van der Waals surface area (Å²) in [6.45, 7) is 4.87. The summed E-state index contributed by atoms with van der Waals surface area (Å²) in [4.78, 5) is 12.5. The number of hydrogen-bond donors (Lipinski definition) is 2. The molecule has 34 heavy (non-hydrogen) atoms. The highest BCUT2D eigenvalue weighted by atomic mass is 35.5. The van der Waals surface area contributed by atoms with Crippen molar-refractivity contribution in [2.45, 2.75) is 18.2 Å². The van der Waals surface area contributed by atoms with Crippen LogP contribution in [0.4, 0.5) is 11.4 Å². The highest BCUT2D eigenvalue weighted by molar-refractivity contribution is 7.99. The van der Waals surface area contributed by atoms with E-state index in [1.165, 1.54) is 17.1 Å². The number of nitrogens with zero attached hydrogens (tertiary/aromatic N) is 3. The summed E-state index contributed by atoms with van der Waals surface area (Å²) in [6.07, 6.45) is 1.79. The van der Waals surface area contributed by atoms with Crippen LogP contribution in [0.25, 0.3) is 10.8 Å². The number of allylic oxidation sites excluding steroid dienone is 1. The molecule has 1 aromatic heterocycles. The van der Waals surface area contributed by atoms with Crippen molar-refractivity contribution < 1.29 is 9.53 Å². The zero-order valence-electron chi connectivity index (χ0n) is 18.6. The number of nitrogens with one attached hydrogen (secondary N) is 2. The fourth-order valence-corrected chi connectivity index (χ4v) is 4.52. The van der Waals surface area contributed by atoms with Gasteiger partial charge in [0, 0.05) is 23.3 Å². The number of amides is 1. The Balaban J connectivity index is 1.41. The van der Waals surface area contributed by atoms with Crippen molar-refractivity contribution in [3.8, 4) is 5.75 Å². The van der Waals surface area contributed by atoms with Crippen LogP contribution in [-0.4, -0.2) is 33.5 Å². The minimum Gasteiger partial charge on any atom is -0.495 e. The number of aromatic nitrogens is 3. The summed E-state index contributed by atoms with van der Waals surface area (Å²) in [6, 6.07) is 19.5. The van der Waals surface area contributed by atoms with E-state index >= 15 is 0 Å². The standard InChI is InChI=1S/C25H24ClN5O2S/c1-3-13-31-23(15-27-21-10-6-8-17-7-4-5-9-19(17)21)29-30-25(31)34-16-24(32)28-18-11-12-22(33-2)20(26)14-18/h3-12,14,27H,1,13,15-16H2,2H3,(H,28,32). The molecule has 1 heterocycles. The normalized spacial score (nSPS) is 10.8. The number of carbonyl (C=O) groups excluding carboxylic acids is 1. The summed E-state index contributed by atoms with van der Waals surface area (Å²) < 4.78 is 7.09. The van der Waals surface area contributed by atoms with Crippen LogP contribution >= 0.6 is 23.4 Å². The molecule has 0 aliphatic carbocycles. The predicted molar refractivity (Wildman–Crippen MR) is 139 cm³/mol. The fourth-order valence-electron chi connectivity index (χ4n) is 3.49. The zero-order valence-corrected chi connectivity index (χ0v) is 20.2. The second kappa shape index (κ2) is 11.1. The summed E-state index contributed by atoms with van der Waals surface area (Å²) in [5.74, 6) is 1.32. The van der Waals surface area contributed by atoms with Gasteiger partial charge in [-0.25, -0.2) is 0 Å². The first kappa shape index (κ1) is 23.7. The van der Waals surface area contributed by atoms with Gasteiger partial charge in [-0.1, -0.05) is 65.8 Å². The van der Waals surface area contributed by atoms with Crippen molar-refractivity contribution >= 4 is 51.4 Å². The molecule has 2 N–H and O–H groups in total. The molecule has 174 valence electrons. The molecule has 0 radical (unpaired) electrons. The highest BCUT2D eigenvalue weighted by Gasteiger charge is 2.14. The van der Waals surface area contributed by atoms with E-state index in [-0.39, 0.29) is 11.7 Å². The molecule has 3 aromatic carbocycles.